The molecule has 6 nitrogen and oxygen atoms in total. The summed E-state index contributed by atoms with van der Waals surface area (Å²) >= 11 is 0. The summed E-state index contributed by atoms with van der Waals surface area (Å²) in [5, 5.41) is 6.99. The first-order chi connectivity index (χ1) is 15.6. The molecule has 0 aromatic heterocycles. The Morgan fingerprint density at radius 3 is 2.03 bits per heavy atom. The minimum atomic E-state index is -0.521. The van der Waals surface area contributed by atoms with Crippen molar-refractivity contribution in [2.24, 2.45) is 5.10 Å². The van der Waals surface area contributed by atoms with E-state index in [2.05, 4.69) is 15.8 Å². The fraction of sp³-hybridized carbons (Fsp3) is 0.115. The van der Waals surface area contributed by atoms with Crippen LogP contribution in [0.3, 0.4) is 0 Å². The van der Waals surface area contributed by atoms with Gasteiger partial charge in [0.25, 0.3) is 11.8 Å². The van der Waals surface area contributed by atoms with Crippen LogP contribution in [0.4, 0.5) is 0 Å². The van der Waals surface area contributed by atoms with Crippen molar-refractivity contribution >= 4 is 23.6 Å². The fourth-order valence-corrected chi connectivity index (χ4v) is 2.97. The van der Waals surface area contributed by atoms with E-state index in [9.17, 15) is 9.59 Å². The first kappa shape index (κ1) is 22.5. The largest absolute Gasteiger partial charge is 0.497 e. The summed E-state index contributed by atoms with van der Waals surface area (Å²) < 4.78 is 5.18. The van der Waals surface area contributed by atoms with E-state index in [4.69, 9.17) is 4.74 Å². The Balaban J connectivity index is 1.86. The summed E-state index contributed by atoms with van der Waals surface area (Å²) in [5.74, 6) is -0.211. The van der Waals surface area contributed by atoms with Gasteiger partial charge in [0.1, 0.15) is 11.4 Å². The molecule has 0 spiro atoms. The van der Waals surface area contributed by atoms with Gasteiger partial charge in [-0.05, 0) is 47.9 Å². The van der Waals surface area contributed by atoms with Gasteiger partial charge in [-0.3, -0.25) is 9.59 Å². The molecule has 0 radical (unpaired) electrons. The predicted octanol–water partition coefficient (Wildman–Crippen LogP) is 4.40. The number of rotatable bonds is 8. The molecule has 32 heavy (non-hydrogen) atoms. The minimum Gasteiger partial charge on any atom is -0.497 e. The van der Waals surface area contributed by atoms with E-state index >= 15 is 0 Å². The van der Waals surface area contributed by atoms with Crippen molar-refractivity contribution in [3.63, 3.8) is 0 Å². The van der Waals surface area contributed by atoms with E-state index in [0.717, 1.165) is 16.8 Å². The fourth-order valence-electron chi connectivity index (χ4n) is 2.97. The highest BCUT2D eigenvalue weighted by Crippen LogP contribution is 2.14. The topological polar surface area (TPSA) is 79.8 Å². The van der Waals surface area contributed by atoms with E-state index in [0.29, 0.717) is 17.7 Å². The van der Waals surface area contributed by atoms with Gasteiger partial charge in [-0.1, -0.05) is 67.6 Å². The highest BCUT2D eigenvalue weighted by Gasteiger charge is 2.15. The normalized spacial score (nSPS) is 11.6. The molecule has 0 fully saturated rings. The predicted molar refractivity (Wildman–Crippen MR) is 126 cm³/mol. The van der Waals surface area contributed by atoms with Crippen molar-refractivity contribution in [3.05, 3.63) is 107 Å². The quantitative estimate of drug-likeness (QED) is 0.318. The molecule has 2 N–H and O–H groups in total. The van der Waals surface area contributed by atoms with Crippen molar-refractivity contribution < 1.29 is 14.3 Å². The van der Waals surface area contributed by atoms with Gasteiger partial charge in [-0.15, -0.1) is 0 Å². The molecule has 3 aromatic rings. The number of hydrogen-bond acceptors (Lipinski definition) is 4. The van der Waals surface area contributed by atoms with Gasteiger partial charge < -0.3 is 10.1 Å². The van der Waals surface area contributed by atoms with Crippen LogP contribution in [0.25, 0.3) is 6.08 Å². The van der Waals surface area contributed by atoms with Gasteiger partial charge in [0.15, 0.2) is 0 Å². The number of carbonyl (C=O) groups is 2. The number of hydrogen-bond donors (Lipinski definition) is 2. The molecule has 0 aliphatic heterocycles. The van der Waals surface area contributed by atoms with Crippen LogP contribution in [0, 0.1) is 0 Å². The number of benzene rings is 3. The second-order valence-corrected chi connectivity index (χ2v) is 6.87. The second-order valence-electron chi connectivity index (χ2n) is 6.87. The van der Waals surface area contributed by atoms with Gasteiger partial charge in [-0.2, -0.15) is 5.10 Å². The van der Waals surface area contributed by atoms with E-state index in [1.54, 1.807) is 61.7 Å². The average Bonchev–Trinajstić information content (AvgIpc) is 2.85. The number of methoxy groups -OCH3 is 1. The lowest BCUT2D eigenvalue weighted by molar-refractivity contribution is -0.117. The zero-order valence-corrected chi connectivity index (χ0v) is 18.0. The van der Waals surface area contributed by atoms with Gasteiger partial charge in [0, 0.05) is 5.56 Å². The van der Waals surface area contributed by atoms with Gasteiger partial charge >= 0.3 is 0 Å². The molecule has 6 heteroatoms. The van der Waals surface area contributed by atoms with Gasteiger partial charge in [-0.25, -0.2) is 5.43 Å². The van der Waals surface area contributed by atoms with E-state index < -0.39 is 5.91 Å². The summed E-state index contributed by atoms with van der Waals surface area (Å²) in [6.07, 6.45) is 2.23. The lowest BCUT2D eigenvalue weighted by Crippen LogP contribution is -2.33. The molecule has 0 saturated heterocycles. The summed E-state index contributed by atoms with van der Waals surface area (Å²) in [5.41, 5.74) is 5.48. The van der Waals surface area contributed by atoms with Crippen molar-refractivity contribution in [2.45, 2.75) is 13.3 Å². The van der Waals surface area contributed by atoms with Crippen LogP contribution in [0.2, 0.25) is 0 Å². The monoisotopic (exact) mass is 427 g/mol. The zero-order chi connectivity index (χ0) is 22.8. The molecule has 0 bridgehead atoms. The Bertz CT molecular complexity index is 1110. The third kappa shape index (κ3) is 6.15. The van der Waals surface area contributed by atoms with Crippen molar-refractivity contribution in [1.82, 2.24) is 10.7 Å². The van der Waals surface area contributed by atoms with E-state index in [1.807, 2.05) is 43.3 Å². The molecule has 0 aliphatic carbocycles. The maximum absolute atomic E-state index is 13.0. The Morgan fingerprint density at radius 1 is 0.875 bits per heavy atom. The molecule has 3 aromatic carbocycles. The summed E-state index contributed by atoms with van der Waals surface area (Å²) in [6.45, 7) is 1.96. The SMILES string of the molecule is CC/C(=N\NC(=O)/C(=C/c1ccc(OC)cc1)NC(=O)c1ccccc1)c1ccccc1. The molecule has 0 unspecified atom stereocenters. The molecule has 0 aliphatic rings. The summed E-state index contributed by atoms with van der Waals surface area (Å²) in [6, 6.07) is 25.5. The van der Waals surface area contributed by atoms with E-state index in [1.165, 1.54) is 0 Å². The lowest BCUT2D eigenvalue weighted by Gasteiger charge is -2.11. The van der Waals surface area contributed by atoms with Crippen molar-refractivity contribution in [2.75, 3.05) is 7.11 Å². The minimum absolute atomic E-state index is 0.0799. The summed E-state index contributed by atoms with van der Waals surface area (Å²) in [7, 11) is 1.58. The summed E-state index contributed by atoms with van der Waals surface area (Å²) in [4.78, 5) is 25.6. The third-order valence-corrected chi connectivity index (χ3v) is 4.69. The smallest absolute Gasteiger partial charge is 0.287 e. The Kier molecular flexibility index (Phi) is 7.92. The van der Waals surface area contributed by atoms with Gasteiger partial charge in [0.2, 0.25) is 0 Å². The maximum Gasteiger partial charge on any atom is 0.287 e. The molecule has 0 atom stereocenters. The standard InChI is InChI=1S/C26H25N3O3/c1-3-23(20-10-6-4-7-11-20)28-29-26(31)24(18-19-14-16-22(32-2)17-15-19)27-25(30)21-12-8-5-9-13-21/h4-18H,3H2,1-2H3,(H,27,30)(H,29,31)/b24-18-,28-23+. The Labute approximate surface area is 187 Å². The number of hydrazone groups is 1. The van der Waals surface area contributed by atoms with Crippen molar-refractivity contribution in [1.29, 1.82) is 0 Å². The van der Waals surface area contributed by atoms with Crippen molar-refractivity contribution in [3.8, 4) is 5.75 Å². The molecule has 3 rings (SSSR count). The molecule has 2 amide bonds. The zero-order valence-electron chi connectivity index (χ0n) is 18.0. The molecule has 162 valence electrons. The Hall–Kier alpha value is -4.19. The number of ether oxygens (including phenoxy) is 1. The van der Waals surface area contributed by atoms with Crippen LogP contribution in [-0.2, 0) is 4.79 Å². The first-order valence-corrected chi connectivity index (χ1v) is 10.2. The molecular formula is C26H25N3O3. The maximum atomic E-state index is 13.0. The molecule has 0 saturated carbocycles. The van der Waals surface area contributed by atoms with E-state index in [-0.39, 0.29) is 11.6 Å². The lowest BCUT2D eigenvalue weighted by atomic mass is 10.1. The number of carbonyl (C=O) groups excluding carboxylic acids is 2. The molecular weight excluding hydrogens is 402 g/mol. The van der Waals surface area contributed by atoms with Crippen LogP contribution < -0.4 is 15.5 Å². The van der Waals surface area contributed by atoms with Crippen LogP contribution >= 0.6 is 0 Å². The number of amides is 2. The van der Waals surface area contributed by atoms with Crippen LogP contribution in [0.1, 0.15) is 34.8 Å². The van der Waals surface area contributed by atoms with Crippen LogP contribution in [0.5, 0.6) is 5.75 Å². The van der Waals surface area contributed by atoms with Gasteiger partial charge in [0.05, 0.1) is 12.8 Å². The third-order valence-electron chi connectivity index (χ3n) is 4.69. The average molecular weight is 428 g/mol. The van der Waals surface area contributed by atoms with Crippen LogP contribution in [-0.4, -0.2) is 24.6 Å². The second kappa shape index (κ2) is 11.3. The highest BCUT2D eigenvalue weighted by atomic mass is 16.5. The number of nitrogens with zero attached hydrogens (tertiary/aromatic N) is 1. The highest BCUT2D eigenvalue weighted by molar-refractivity contribution is 6.06. The molecule has 0 heterocycles. The Morgan fingerprint density at radius 2 is 1.47 bits per heavy atom. The number of nitrogens with one attached hydrogen (secondary N) is 2. The van der Waals surface area contributed by atoms with Crippen LogP contribution in [0.15, 0.2) is 95.7 Å². The first-order valence-electron chi connectivity index (χ1n) is 10.2.